The van der Waals surface area contributed by atoms with Gasteiger partial charge in [-0.1, -0.05) is 19.3 Å². The average molecular weight is 412 g/mol. The maximum absolute atomic E-state index is 12.5. The van der Waals surface area contributed by atoms with E-state index in [-0.39, 0.29) is 23.0 Å². The van der Waals surface area contributed by atoms with Crippen molar-refractivity contribution in [2.75, 3.05) is 32.1 Å². The number of benzene rings is 1. The molecule has 28 heavy (non-hydrogen) atoms. The van der Waals surface area contributed by atoms with Gasteiger partial charge in [0.05, 0.1) is 16.8 Å². The maximum Gasteiger partial charge on any atom is 0.221 e. The highest BCUT2D eigenvalue weighted by Gasteiger charge is 2.20. The van der Waals surface area contributed by atoms with Crippen molar-refractivity contribution in [2.24, 2.45) is 0 Å². The largest absolute Gasteiger partial charge is 0.486 e. The van der Waals surface area contributed by atoms with Crippen molar-refractivity contribution in [3.8, 4) is 11.5 Å². The van der Waals surface area contributed by atoms with Gasteiger partial charge in [0.15, 0.2) is 21.3 Å². The van der Waals surface area contributed by atoms with E-state index < -0.39 is 9.84 Å². The van der Waals surface area contributed by atoms with Crippen LogP contribution in [0.3, 0.4) is 0 Å². The van der Waals surface area contributed by atoms with Crippen LogP contribution in [0, 0.1) is 0 Å². The monoisotopic (exact) mass is 411 g/mol. The Kier molecular flexibility index (Phi) is 7.56. The highest BCUT2D eigenvalue weighted by molar-refractivity contribution is 7.91. The third kappa shape index (κ3) is 6.10. The molecule has 0 spiro atoms. The van der Waals surface area contributed by atoms with Gasteiger partial charge in [-0.3, -0.25) is 4.79 Å². The summed E-state index contributed by atoms with van der Waals surface area (Å²) in [6.45, 7) is 1.96. The summed E-state index contributed by atoms with van der Waals surface area (Å²) in [5, 5.41) is 2.77. The van der Waals surface area contributed by atoms with Crippen molar-refractivity contribution in [3.05, 3.63) is 18.2 Å². The second kappa shape index (κ2) is 10.1. The minimum Gasteiger partial charge on any atom is -0.486 e. The minimum atomic E-state index is -3.56. The number of sulfone groups is 1. The van der Waals surface area contributed by atoms with Gasteiger partial charge in [-0.25, -0.2) is 8.42 Å². The Morgan fingerprint density at radius 2 is 1.86 bits per heavy atom. The van der Waals surface area contributed by atoms with Crippen molar-refractivity contribution >= 4 is 15.7 Å². The zero-order chi connectivity index (χ0) is 19.8. The van der Waals surface area contributed by atoms with Crippen molar-refractivity contribution in [1.29, 1.82) is 0 Å². The van der Waals surface area contributed by atoms with Crippen LogP contribution in [0.15, 0.2) is 23.1 Å². The van der Waals surface area contributed by atoms with Gasteiger partial charge in [0.25, 0.3) is 0 Å². The number of rotatable bonds is 9. The average Bonchev–Trinajstić information content (AvgIpc) is 2.72. The van der Waals surface area contributed by atoms with Gasteiger partial charge in [-0.05, 0) is 31.4 Å². The lowest BCUT2D eigenvalue weighted by atomic mass is 9.98. The second-order valence-electron chi connectivity index (χ2n) is 7.21. The van der Waals surface area contributed by atoms with Crippen molar-refractivity contribution in [3.63, 3.8) is 0 Å². The number of nitrogens with one attached hydrogen (secondary N) is 1. The molecule has 3 rings (SSSR count). The van der Waals surface area contributed by atoms with Crippen LogP contribution in [0.1, 0.15) is 44.9 Å². The minimum absolute atomic E-state index is 0.0692. The molecule has 0 radical (unpaired) electrons. The van der Waals surface area contributed by atoms with Crippen LogP contribution in [-0.2, 0) is 19.4 Å². The molecule has 1 aromatic rings. The molecule has 1 fully saturated rings. The summed E-state index contributed by atoms with van der Waals surface area (Å²) in [7, 11) is -3.56. The van der Waals surface area contributed by atoms with E-state index in [1.54, 1.807) is 6.07 Å². The fraction of sp³-hybridized carbons (Fsp3) is 0.650. The SMILES string of the molecule is O=C(CCS(=O)(=O)c1ccc2c(c1)OCCO2)NCCCOC1CCCCC1. The van der Waals surface area contributed by atoms with E-state index in [4.69, 9.17) is 14.2 Å². The molecule has 1 amide bonds. The summed E-state index contributed by atoms with van der Waals surface area (Å²) in [5.74, 6) is 0.462. The van der Waals surface area contributed by atoms with E-state index in [1.807, 2.05) is 0 Å². The molecule has 0 atom stereocenters. The lowest BCUT2D eigenvalue weighted by Crippen LogP contribution is -2.28. The van der Waals surface area contributed by atoms with E-state index in [0.29, 0.717) is 44.0 Å². The zero-order valence-corrected chi connectivity index (χ0v) is 17.0. The summed E-state index contributed by atoms with van der Waals surface area (Å²) in [6, 6.07) is 4.54. The van der Waals surface area contributed by atoms with E-state index in [0.717, 1.165) is 19.3 Å². The van der Waals surface area contributed by atoms with Crippen LogP contribution in [-0.4, -0.2) is 52.5 Å². The topological polar surface area (TPSA) is 90.9 Å². The van der Waals surface area contributed by atoms with Crippen molar-refractivity contribution in [1.82, 2.24) is 5.32 Å². The second-order valence-corrected chi connectivity index (χ2v) is 9.32. The molecule has 0 aromatic heterocycles. The van der Waals surface area contributed by atoms with Crippen LogP contribution in [0.4, 0.5) is 0 Å². The third-order valence-corrected chi connectivity index (χ3v) is 6.73. The summed E-state index contributed by atoms with van der Waals surface area (Å²) in [4.78, 5) is 12.1. The lowest BCUT2D eigenvalue weighted by molar-refractivity contribution is -0.120. The molecule has 0 saturated heterocycles. The van der Waals surface area contributed by atoms with E-state index in [2.05, 4.69) is 5.32 Å². The Labute approximate surface area is 166 Å². The molecular weight excluding hydrogens is 382 g/mol. The Balaban J connectivity index is 1.36. The predicted molar refractivity (Wildman–Crippen MR) is 105 cm³/mol. The molecule has 0 unspecified atom stereocenters. The first-order valence-corrected chi connectivity index (χ1v) is 11.7. The number of hydrogen-bond acceptors (Lipinski definition) is 6. The van der Waals surface area contributed by atoms with E-state index in [1.165, 1.54) is 31.4 Å². The first kappa shape index (κ1) is 20.9. The predicted octanol–water partition coefficient (Wildman–Crippen LogP) is 2.48. The summed E-state index contributed by atoms with van der Waals surface area (Å²) in [5.41, 5.74) is 0. The first-order valence-electron chi connectivity index (χ1n) is 10.1. The molecule has 7 nitrogen and oxygen atoms in total. The molecule has 1 aliphatic heterocycles. The van der Waals surface area contributed by atoms with E-state index in [9.17, 15) is 13.2 Å². The first-order chi connectivity index (χ1) is 13.5. The molecule has 1 N–H and O–H groups in total. The Morgan fingerprint density at radius 1 is 1.11 bits per heavy atom. The van der Waals surface area contributed by atoms with Gasteiger partial charge in [0, 0.05) is 25.6 Å². The number of ether oxygens (including phenoxy) is 3. The molecule has 8 heteroatoms. The fourth-order valence-electron chi connectivity index (χ4n) is 3.43. The van der Waals surface area contributed by atoms with E-state index >= 15 is 0 Å². The highest BCUT2D eigenvalue weighted by atomic mass is 32.2. The Morgan fingerprint density at radius 3 is 2.64 bits per heavy atom. The van der Waals surface area contributed by atoms with Gasteiger partial charge in [0.1, 0.15) is 13.2 Å². The molecule has 1 aromatic carbocycles. The van der Waals surface area contributed by atoms with Gasteiger partial charge >= 0.3 is 0 Å². The molecule has 1 saturated carbocycles. The molecule has 1 heterocycles. The quantitative estimate of drug-likeness (QED) is 0.628. The van der Waals surface area contributed by atoms with Gasteiger partial charge in [-0.15, -0.1) is 0 Å². The van der Waals surface area contributed by atoms with Crippen LogP contribution in [0.5, 0.6) is 11.5 Å². The molecule has 0 bridgehead atoms. The molecule has 156 valence electrons. The van der Waals surface area contributed by atoms with Crippen LogP contribution in [0.2, 0.25) is 0 Å². The lowest BCUT2D eigenvalue weighted by Gasteiger charge is -2.21. The summed E-state index contributed by atoms with van der Waals surface area (Å²) >= 11 is 0. The molecule has 1 aliphatic carbocycles. The van der Waals surface area contributed by atoms with Crippen molar-refractivity contribution < 1.29 is 27.4 Å². The van der Waals surface area contributed by atoms with Crippen LogP contribution >= 0.6 is 0 Å². The number of carbonyl (C=O) groups is 1. The maximum atomic E-state index is 12.5. The van der Waals surface area contributed by atoms with Crippen molar-refractivity contribution in [2.45, 2.75) is 55.9 Å². The summed E-state index contributed by atoms with van der Waals surface area (Å²) < 4.78 is 41.6. The van der Waals surface area contributed by atoms with Crippen LogP contribution in [0.25, 0.3) is 0 Å². The number of fused-ring (bicyclic) bond motifs is 1. The molecular formula is C20H29NO6S. The van der Waals surface area contributed by atoms with Crippen LogP contribution < -0.4 is 14.8 Å². The zero-order valence-electron chi connectivity index (χ0n) is 16.2. The molecule has 2 aliphatic rings. The number of amides is 1. The number of carbonyl (C=O) groups excluding carboxylic acids is 1. The standard InChI is InChI=1S/C20H29NO6S/c22-20(21-10-4-11-25-16-5-2-1-3-6-16)9-14-28(23,24)17-7-8-18-19(15-17)27-13-12-26-18/h7-8,15-16H,1-6,9-14H2,(H,21,22). The van der Waals surface area contributed by atoms with Gasteiger partial charge < -0.3 is 19.5 Å². The smallest absolute Gasteiger partial charge is 0.221 e. The van der Waals surface area contributed by atoms with Gasteiger partial charge in [0.2, 0.25) is 5.91 Å². The number of hydrogen-bond donors (Lipinski definition) is 1. The highest BCUT2D eigenvalue weighted by Crippen LogP contribution is 2.32. The fourth-order valence-corrected chi connectivity index (χ4v) is 4.68. The normalized spacial score (nSPS) is 17.3. The summed E-state index contributed by atoms with van der Waals surface area (Å²) in [6.07, 6.45) is 7.05. The Bertz CT molecular complexity index is 758. The Hall–Kier alpha value is -1.80. The van der Waals surface area contributed by atoms with Gasteiger partial charge in [-0.2, -0.15) is 0 Å². The third-order valence-electron chi connectivity index (χ3n) is 5.02.